The summed E-state index contributed by atoms with van der Waals surface area (Å²) in [4.78, 5) is -0.191. The van der Waals surface area contributed by atoms with E-state index in [2.05, 4.69) is 0 Å². The highest BCUT2D eigenvalue weighted by atomic mass is 32.2. The molecule has 16 heavy (non-hydrogen) atoms. The summed E-state index contributed by atoms with van der Waals surface area (Å²) in [6.07, 6.45) is 0. The number of nitrogen functional groups attached to an aromatic ring is 2. The highest BCUT2D eigenvalue weighted by Crippen LogP contribution is 2.29. The van der Waals surface area contributed by atoms with Crippen LogP contribution in [0.3, 0.4) is 0 Å². The summed E-state index contributed by atoms with van der Waals surface area (Å²) in [5.74, 6) is 0. The third-order valence-electron chi connectivity index (χ3n) is 2.29. The van der Waals surface area contributed by atoms with Crippen LogP contribution < -0.4 is 11.5 Å². The lowest BCUT2D eigenvalue weighted by Gasteiger charge is -2.07. The van der Waals surface area contributed by atoms with E-state index in [1.54, 1.807) is 6.07 Å². The van der Waals surface area contributed by atoms with Crippen molar-refractivity contribution in [2.24, 2.45) is 0 Å². The molecule has 0 fully saturated rings. The Bertz CT molecular complexity index is 665. The van der Waals surface area contributed by atoms with Gasteiger partial charge >= 0.3 is 0 Å². The molecular formula is C10H10N2O3S. The molecule has 0 amide bonds. The van der Waals surface area contributed by atoms with E-state index < -0.39 is 10.1 Å². The van der Waals surface area contributed by atoms with Gasteiger partial charge < -0.3 is 11.5 Å². The summed E-state index contributed by atoms with van der Waals surface area (Å²) in [5, 5.41) is 0.867. The first kappa shape index (κ1) is 10.7. The first-order chi connectivity index (χ1) is 7.39. The van der Waals surface area contributed by atoms with Crippen LogP contribution in [0.5, 0.6) is 0 Å². The lowest BCUT2D eigenvalue weighted by molar-refractivity contribution is 0.484. The SMILES string of the molecule is Nc1cc(N)c2cccc(S(=O)(=O)O)c2c1. The molecule has 0 spiro atoms. The maximum atomic E-state index is 11.1. The number of hydrogen-bond acceptors (Lipinski definition) is 4. The van der Waals surface area contributed by atoms with Crippen LogP contribution in [0.25, 0.3) is 10.8 Å². The normalized spacial score (nSPS) is 11.8. The third-order valence-corrected chi connectivity index (χ3v) is 3.20. The number of nitrogens with two attached hydrogens (primary N) is 2. The van der Waals surface area contributed by atoms with Crippen molar-refractivity contribution >= 4 is 32.3 Å². The summed E-state index contributed by atoms with van der Waals surface area (Å²) in [6, 6.07) is 7.48. The molecule has 0 aliphatic heterocycles. The van der Waals surface area contributed by atoms with E-state index >= 15 is 0 Å². The van der Waals surface area contributed by atoms with E-state index in [9.17, 15) is 8.42 Å². The standard InChI is InChI=1S/C10H10N2O3S/c11-6-4-8-7(9(12)5-6)2-1-3-10(8)16(13,14)15/h1-5H,11-12H2,(H,13,14,15). The number of benzene rings is 2. The Labute approximate surface area is 92.4 Å². The zero-order valence-electron chi connectivity index (χ0n) is 8.21. The second-order valence-corrected chi connectivity index (χ2v) is 4.83. The largest absolute Gasteiger partial charge is 0.399 e. The summed E-state index contributed by atoms with van der Waals surface area (Å²) in [6.45, 7) is 0. The molecule has 0 aliphatic carbocycles. The van der Waals surface area contributed by atoms with Crippen molar-refractivity contribution in [3.05, 3.63) is 30.3 Å². The first-order valence-corrected chi connectivity index (χ1v) is 5.89. The minimum absolute atomic E-state index is 0.191. The van der Waals surface area contributed by atoms with Crippen LogP contribution in [0.4, 0.5) is 11.4 Å². The molecule has 0 bridgehead atoms. The predicted molar refractivity (Wildman–Crippen MR) is 62.6 cm³/mol. The molecule has 0 atom stereocenters. The summed E-state index contributed by atoms with van der Waals surface area (Å²) >= 11 is 0. The van der Waals surface area contributed by atoms with Crippen molar-refractivity contribution in [3.8, 4) is 0 Å². The lowest BCUT2D eigenvalue weighted by atomic mass is 10.1. The predicted octanol–water partition coefficient (Wildman–Crippen LogP) is 1.25. The number of rotatable bonds is 1. The molecule has 0 saturated heterocycles. The lowest BCUT2D eigenvalue weighted by Crippen LogP contribution is -2.00. The fraction of sp³-hybridized carbons (Fsp3) is 0. The van der Waals surface area contributed by atoms with E-state index in [0.717, 1.165) is 0 Å². The van der Waals surface area contributed by atoms with Crippen molar-refractivity contribution in [1.29, 1.82) is 0 Å². The highest BCUT2D eigenvalue weighted by Gasteiger charge is 2.14. The van der Waals surface area contributed by atoms with Crippen molar-refractivity contribution in [3.63, 3.8) is 0 Å². The van der Waals surface area contributed by atoms with Gasteiger partial charge in [0.05, 0.1) is 0 Å². The van der Waals surface area contributed by atoms with Crippen LogP contribution >= 0.6 is 0 Å². The zero-order chi connectivity index (χ0) is 11.9. The topological polar surface area (TPSA) is 106 Å². The molecule has 2 aromatic carbocycles. The average Bonchev–Trinajstić information content (AvgIpc) is 2.15. The average molecular weight is 238 g/mol. The quantitative estimate of drug-likeness (QED) is 0.512. The molecular weight excluding hydrogens is 228 g/mol. The third kappa shape index (κ3) is 1.68. The molecule has 0 heterocycles. The zero-order valence-corrected chi connectivity index (χ0v) is 9.03. The van der Waals surface area contributed by atoms with E-state index in [0.29, 0.717) is 22.1 Å². The monoisotopic (exact) mass is 238 g/mol. The minimum Gasteiger partial charge on any atom is -0.399 e. The Kier molecular flexibility index (Phi) is 2.25. The summed E-state index contributed by atoms with van der Waals surface area (Å²) in [7, 11) is -4.27. The van der Waals surface area contributed by atoms with Gasteiger partial charge in [-0.15, -0.1) is 0 Å². The molecule has 5 nitrogen and oxygen atoms in total. The maximum Gasteiger partial charge on any atom is 0.295 e. The van der Waals surface area contributed by atoms with Gasteiger partial charge in [-0.2, -0.15) is 8.42 Å². The molecule has 0 unspecified atom stereocenters. The number of fused-ring (bicyclic) bond motifs is 1. The Morgan fingerprint density at radius 1 is 1.06 bits per heavy atom. The van der Waals surface area contributed by atoms with Gasteiger partial charge in [-0.1, -0.05) is 12.1 Å². The van der Waals surface area contributed by atoms with Crippen LogP contribution in [0.15, 0.2) is 35.2 Å². The molecule has 0 aliphatic rings. The van der Waals surface area contributed by atoms with Gasteiger partial charge in [0.2, 0.25) is 0 Å². The van der Waals surface area contributed by atoms with Gasteiger partial charge in [0.25, 0.3) is 10.1 Å². The van der Waals surface area contributed by atoms with Crippen LogP contribution in [-0.2, 0) is 10.1 Å². The molecule has 2 rings (SSSR count). The molecule has 84 valence electrons. The van der Waals surface area contributed by atoms with Crippen LogP contribution in [0, 0.1) is 0 Å². The van der Waals surface area contributed by atoms with Crippen molar-refractivity contribution in [2.75, 3.05) is 11.5 Å². The van der Waals surface area contributed by atoms with Crippen LogP contribution in [0.1, 0.15) is 0 Å². The van der Waals surface area contributed by atoms with Crippen molar-refractivity contribution in [1.82, 2.24) is 0 Å². The van der Waals surface area contributed by atoms with Gasteiger partial charge in [0.15, 0.2) is 0 Å². The Morgan fingerprint density at radius 2 is 1.75 bits per heavy atom. The van der Waals surface area contributed by atoms with Crippen LogP contribution in [0.2, 0.25) is 0 Å². The highest BCUT2D eigenvalue weighted by molar-refractivity contribution is 7.86. The van der Waals surface area contributed by atoms with Gasteiger partial charge in [-0.3, -0.25) is 4.55 Å². The van der Waals surface area contributed by atoms with Gasteiger partial charge in [-0.05, 0) is 18.2 Å². The van der Waals surface area contributed by atoms with E-state index in [4.69, 9.17) is 16.0 Å². The Hall–Kier alpha value is -1.79. The van der Waals surface area contributed by atoms with Crippen molar-refractivity contribution < 1.29 is 13.0 Å². The van der Waals surface area contributed by atoms with E-state index in [1.807, 2.05) is 0 Å². The second-order valence-electron chi connectivity index (χ2n) is 3.44. The second kappa shape index (κ2) is 3.36. The molecule has 2 aromatic rings. The minimum atomic E-state index is -4.27. The van der Waals surface area contributed by atoms with Crippen molar-refractivity contribution in [2.45, 2.75) is 4.90 Å². The Balaban J connectivity index is 2.98. The number of hydrogen-bond donors (Lipinski definition) is 3. The summed E-state index contributed by atoms with van der Waals surface area (Å²) in [5.41, 5.74) is 12.0. The molecule has 6 heteroatoms. The first-order valence-electron chi connectivity index (χ1n) is 4.45. The molecule has 0 aromatic heterocycles. The number of anilines is 2. The van der Waals surface area contributed by atoms with Crippen LogP contribution in [-0.4, -0.2) is 13.0 Å². The molecule has 0 saturated carbocycles. The smallest absolute Gasteiger partial charge is 0.295 e. The fourth-order valence-corrected chi connectivity index (χ4v) is 2.33. The van der Waals surface area contributed by atoms with E-state index in [1.165, 1.54) is 24.3 Å². The molecule has 5 N–H and O–H groups in total. The molecule has 0 radical (unpaired) electrons. The summed E-state index contributed by atoms with van der Waals surface area (Å²) < 4.78 is 31.3. The fourth-order valence-electron chi connectivity index (χ4n) is 1.64. The maximum absolute atomic E-state index is 11.1. The van der Waals surface area contributed by atoms with Gasteiger partial charge in [0, 0.05) is 22.1 Å². The van der Waals surface area contributed by atoms with E-state index in [-0.39, 0.29) is 4.90 Å². The van der Waals surface area contributed by atoms with Gasteiger partial charge in [0.1, 0.15) is 4.90 Å². The van der Waals surface area contributed by atoms with Gasteiger partial charge in [-0.25, -0.2) is 0 Å². The Morgan fingerprint density at radius 3 is 2.38 bits per heavy atom.